The van der Waals surface area contributed by atoms with Crippen LogP contribution in [0.3, 0.4) is 0 Å². The van der Waals surface area contributed by atoms with Crippen LogP contribution in [0.4, 0.5) is 0 Å². The van der Waals surface area contributed by atoms with E-state index in [0.717, 1.165) is 11.3 Å². The Balaban J connectivity index is 1.91. The van der Waals surface area contributed by atoms with Gasteiger partial charge in [-0.3, -0.25) is 9.59 Å². The van der Waals surface area contributed by atoms with E-state index in [9.17, 15) is 14.4 Å². The highest BCUT2D eigenvalue weighted by Gasteiger charge is 2.36. The van der Waals surface area contributed by atoms with Gasteiger partial charge in [-0.1, -0.05) is 0 Å². The number of amides is 2. The van der Waals surface area contributed by atoms with E-state index in [-0.39, 0.29) is 29.0 Å². The minimum Gasteiger partial charge on any atom is -0.345 e. The summed E-state index contributed by atoms with van der Waals surface area (Å²) in [6.45, 7) is 11.0. The molecule has 7 nitrogen and oxygen atoms in total. The fourth-order valence-corrected chi connectivity index (χ4v) is 3.59. The molecule has 1 atom stereocenters. The molecule has 0 unspecified atom stereocenters. The van der Waals surface area contributed by atoms with Gasteiger partial charge in [0.15, 0.2) is 0 Å². The molecule has 1 N–H and O–H groups in total. The number of hydrogen-bond acceptors (Lipinski definition) is 4. The third-order valence-corrected chi connectivity index (χ3v) is 5.01. The summed E-state index contributed by atoms with van der Waals surface area (Å²) in [6, 6.07) is 0. The van der Waals surface area contributed by atoms with Gasteiger partial charge in [-0.25, -0.2) is 4.79 Å². The molecule has 7 heteroatoms. The summed E-state index contributed by atoms with van der Waals surface area (Å²) in [5.74, 6) is 0.375. The topological polar surface area (TPSA) is 86.4 Å². The molecule has 0 saturated carbocycles. The summed E-state index contributed by atoms with van der Waals surface area (Å²) in [4.78, 5) is 46.2. The lowest BCUT2D eigenvalue weighted by Crippen LogP contribution is -2.43. The van der Waals surface area contributed by atoms with E-state index in [4.69, 9.17) is 0 Å². The fourth-order valence-electron chi connectivity index (χ4n) is 3.59. The lowest BCUT2D eigenvalue weighted by molar-refractivity contribution is -0.132. The van der Waals surface area contributed by atoms with Crippen molar-refractivity contribution in [2.24, 2.45) is 5.92 Å². The zero-order valence-electron chi connectivity index (χ0n) is 16.7. The molecule has 2 rings (SSSR count). The molecular formula is C19H30N4O3. The summed E-state index contributed by atoms with van der Waals surface area (Å²) in [6.07, 6.45) is 1.40. The molecule has 0 radical (unpaired) electrons. The number of aryl methyl sites for hydroxylation is 2. The minimum atomic E-state index is -0.360. The SMILES string of the molecule is Cc1nc(=O)[nH]c(C)c1CCC(=O)N(C)C[C@@H]1CC(=O)N(C(C)(C)C)C1. The number of likely N-dealkylation sites (tertiary alicyclic amines) is 1. The van der Waals surface area contributed by atoms with Gasteiger partial charge in [0.2, 0.25) is 11.8 Å². The van der Waals surface area contributed by atoms with Crippen molar-refractivity contribution >= 4 is 11.8 Å². The van der Waals surface area contributed by atoms with Crippen molar-refractivity contribution in [2.75, 3.05) is 20.1 Å². The van der Waals surface area contributed by atoms with Gasteiger partial charge < -0.3 is 14.8 Å². The van der Waals surface area contributed by atoms with E-state index < -0.39 is 0 Å². The van der Waals surface area contributed by atoms with E-state index in [1.165, 1.54) is 0 Å². The largest absolute Gasteiger partial charge is 0.345 e. The van der Waals surface area contributed by atoms with Gasteiger partial charge >= 0.3 is 5.69 Å². The van der Waals surface area contributed by atoms with E-state index in [1.807, 2.05) is 32.6 Å². The van der Waals surface area contributed by atoms with Crippen molar-refractivity contribution in [2.45, 2.75) is 59.4 Å². The average Bonchev–Trinajstić information content (AvgIpc) is 2.86. The highest BCUT2D eigenvalue weighted by Crippen LogP contribution is 2.26. The zero-order chi connectivity index (χ0) is 19.6. The van der Waals surface area contributed by atoms with Crippen LogP contribution in [0, 0.1) is 19.8 Å². The van der Waals surface area contributed by atoms with Crippen molar-refractivity contribution in [3.8, 4) is 0 Å². The molecule has 2 amide bonds. The van der Waals surface area contributed by atoms with Crippen LogP contribution in [0.15, 0.2) is 4.79 Å². The molecule has 144 valence electrons. The first kappa shape index (κ1) is 20.1. The standard InChI is InChI=1S/C19H30N4O3/c1-12-15(13(2)21-18(26)20-12)7-8-16(24)22(6)10-14-9-17(25)23(11-14)19(3,4)5/h14H,7-11H2,1-6H3,(H,20,21,26)/t14-/m0/s1. The second-order valence-electron chi connectivity index (χ2n) is 8.25. The second kappa shape index (κ2) is 7.60. The van der Waals surface area contributed by atoms with Gasteiger partial charge in [0, 0.05) is 55.8 Å². The number of nitrogens with one attached hydrogen (secondary N) is 1. The Morgan fingerprint density at radius 1 is 1.31 bits per heavy atom. The van der Waals surface area contributed by atoms with Crippen molar-refractivity contribution in [3.05, 3.63) is 27.4 Å². The maximum absolute atomic E-state index is 12.5. The Morgan fingerprint density at radius 2 is 1.96 bits per heavy atom. The second-order valence-corrected chi connectivity index (χ2v) is 8.25. The van der Waals surface area contributed by atoms with Gasteiger partial charge in [0.1, 0.15) is 0 Å². The summed E-state index contributed by atoms with van der Waals surface area (Å²) in [5.41, 5.74) is 1.81. The van der Waals surface area contributed by atoms with Crippen LogP contribution in [-0.4, -0.2) is 57.3 Å². The van der Waals surface area contributed by atoms with E-state index in [0.29, 0.717) is 38.0 Å². The number of aromatic amines is 1. The lowest BCUT2D eigenvalue weighted by atomic mass is 10.0. The Kier molecular flexibility index (Phi) is 5.88. The van der Waals surface area contributed by atoms with Crippen molar-refractivity contribution in [1.29, 1.82) is 0 Å². The van der Waals surface area contributed by atoms with Crippen LogP contribution in [0.1, 0.15) is 50.6 Å². The number of nitrogens with zero attached hydrogens (tertiary/aromatic N) is 3. The summed E-state index contributed by atoms with van der Waals surface area (Å²) in [7, 11) is 1.79. The molecule has 1 aromatic heterocycles. The number of hydrogen-bond donors (Lipinski definition) is 1. The number of rotatable bonds is 5. The Hall–Kier alpha value is -2.18. The van der Waals surface area contributed by atoms with Gasteiger partial charge in [0.05, 0.1) is 0 Å². The highest BCUT2D eigenvalue weighted by molar-refractivity contribution is 5.80. The van der Waals surface area contributed by atoms with Crippen molar-refractivity contribution in [1.82, 2.24) is 19.8 Å². The quantitative estimate of drug-likeness (QED) is 0.858. The molecule has 1 aliphatic rings. The first-order valence-electron chi connectivity index (χ1n) is 9.10. The van der Waals surface area contributed by atoms with Crippen LogP contribution in [0.25, 0.3) is 0 Å². The number of carbonyl (C=O) groups excluding carboxylic acids is 2. The average molecular weight is 362 g/mol. The predicted octanol–water partition coefficient (Wildman–Crippen LogP) is 1.42. The van der Waals surface area contributed by atoms with Crippen LogP contribution < -0.4 is 5.69 Å². The van der Waals surface area contributed by atoms with Gasteiger partial charge in [-0.15, -0.1) is 0 Å². The molecule has 26 heavy (non-hydrogen) atoms. The number of H-pyrrole nitrogens is 1. The Labute approximate surface area is 154 Å². The van der Waals surface area contributed by atoms with E-state index >= 15 is 0 Å². The summed E-state index contributed by atoms with van der Waals surface area (Å²) in [5, 5.41) is 0. The monoisotopic (exact) mass is 362 g/mol. The molecule has 1 fully saturated rings. The molecule has 0 bridgehead atoms. The third kappa shape index (κ3) is 4.71. The highest BCUT2D eigenvalue weighted by atomic mass is 16.2. The van der Waals surface area contributed by atoms with Crippen LogP contribution >= 0.6 is 0 Å². The maximum Gasteiger partial charge on any atom is 0.345 e. The molecule has 0 aromatic carbocycles. The smallest absolute Gasteiger partial charge is 0.345 e. The lowest BCUT2D eigenvalue weighted by Gasteiger charge is -2.32. The van der Waals surface area contributed by atoms with E-state index in [1.54, 1.807) is 18.9 Å². The molecule has 1 saturated heterocycles. The molecule has 1 aliphatic heterocycles. The molecule has 1 aromatic rings. The molecule has 2 heterocycles. The van der Waals surface area contributed by atoms with E-state index in [2.05, 4.69) is 9.97 Å². The molecule has 0 spiro atoms. The number of carbonyl (C=O) groups is 2. The first-order valence-corrected chi connectivity index (χ1v) is 9.10. The number of aromatic nitrogens is 2. The van der Waals surface area contributed by atoms with Gasteiger partial charge in [-0.05, 0) is 46.6 Å². The van der Waals surface area contributed by atoms with Crippen molar-refractivity contribution < 1.29 is 9.59 Å². The summed E-state index contributed by atoms with van der Waals surface area (Å²) >= 11 is 0. The van der Waals surface area contributed by atoms with Crippen LogP contribution in [0.5, 0.6) is 0 Å². The van der Waals surface area contributed by atoms with Crippen LogP contribution in [0.2, 0.25) is 0 Å². The van der Waals surface area contributed by atoms with Gasteiger partial charge in [0.25, 0.3) is 0 Å². The maximum atomic E-state index is 12.5. The molecule has 0 aliphatic carbocycles. The summed E-state index contributed by atoms with van der Waals surface area (Å²) < 4.78 is 0. The minimum absolute atomic E-state index is 0.0386. The first-order chi connectivity index (χ1) is 12.0. The third-order valence-electron chi connectivity index (χ3n) is 5.01. The predicted molar refractivity (Wildman–Crippen MR) is 99.9 cm³/mol. The zero-order valence-corrected chi connectivity index (χ0v) is 16.7. The van der Waals surface area contributed by atoms with Gasteiger partial charge in [-0.2, -0.15) is 4.98 Å². The normalized spacial score (nSPS) is 17.7. The Morgan fingerprint density at radius 3 is 2.50 bits per heavy atom. The van der Waals surface area contributed by atoms with Crippen LogP contribution in [-0.2, 0) is 16.0 Å². The molecular weight excluding hydrogens is 332 g/mol. The van der Waals surface area contributed by atoms with Crippen molar-refractivity contribution in [3.63, 3.8) is 0 Å². The fraction of sp³-hybridized carbons (Fsp3) is 0.684. The Bertz CT molecular complexity index is 722.